The Kier molecular flexibility index (Phi) is 9.40. The summed E-state index contributed by atoms with van der Waals surface area (Å²) < 4.78 is 0. The second kappa shape index (κ2) is 7.78. The van der Waals surface area contributed by atoms with E-state index in [0.29, 0.717) is 13.0 Å². The molecule has 0 aromatic rings. The summed E-state index contributed by atoms with van der Waals surface area (Å²) in [6.45, 7) is 0.604. The predicted octanol–water partition coefficient (Wildman–Crippen LogP) is -3.47. The van der Waals surface area contributed by atoms with Gasteiger partial charge in [0.25, 0.3) is 0 Å². The molecule has 5 heteroatoms. The van der Waals surface area contributed by atoms with Gasteiger partial charge in [0.2, 0.25) is 0 Å². The number of hydrogen-bond acceptors (Lipinski definition) is 3. The molecule has 0 heterocycles. The Morgan fingerprint density at radius 1 is 1.45 bits per heavy atom. The van der Waals surface area contributed by atoms with Gasteiger partial charge in [-0.05, 0) is 19.4 Å². The molecule has 0 saturated heterocycles. The van der Waals surface area contributed by atoms with Crippen molar-refractivity contribution in [3.63, 3.8) is 0 Å². The van der Waals surface area contributed by atoms with Crippen molar-refractivity contribution >= 4 is 5.97 Å². The number of unbranched alkanes of at least 4 members (excludes halogenated alkanes) is 1. The smallest absolute Gasteiger partial charge is 0.320 e. The Balaban J connectivity index is 0. The number of nitrogens with two attached hydrogens (primary N) is 2. The first-order valence-corrected chi connectivity index (χ1v) is 3.37. The molecule has 4 nitrogen and oxygen atoms in total. The lowest BCUT2D eigenvalue weighted by molar-refractivity contribution is -0.138. The summed E-state index contributed by atoms with van der Waals surface area (Å²) in [5.74, 6) is -0.933. The second-order valence-electron chi connectivity index (χ2n) is 2.23. The zero-order valence-electron chi connectivity index (χ0n) is 6.29. The van der Waals surface area contributed by atoms with Crippen LogP contribution in [-0.4, -0.2) is 23.7 Å². The fourth-order valence-electron chi connectivity index (χ4n) is 0.632. The van der Waals surface area contributed by atoms with E-state index in [0.717, 1.165) is 12.8 Å². The Bertz CT molecular complexity index is 111. The molecule has 0 aromatic heterocycles. The maximum Gasteiger partial charge on any atom is 0.320 e. The molecule has 0 unspecified atom stereocenters. The zero-order valence-corrected chi connectivity index (χ0v) is 7.05. The SMILES string of the molecule is NCCCC[C@H](N)C(=O)O.[Cl-]. The molecule has 68 valence electrons. The summed E-state index contributed by atoms with van der Waals surface area (Å²) in [5, 5.41) is 8.33. The van der Waals surface area contributed by atoms with Crippen LogP contribution in [0, 0.1) is 0 Å². The maximum atomic E-state index is 10.1. The lowest BCUT2D eigenvalue weighted by Crippen LogP contribution is -3.00. The van der Waals surface area contributed by atoms with Gasteiger partial charge in [-0.15, -0.1) is 0 Å². The summed E-state index contributed by atoms with van der Waals surface area (Å²) in [5.41, 5.74) is 10.4. The number of carboxylic acids is 1. The van der Waals surface area contributed by atoms with E-state index in [1.165, 1.54) is 0 Å². The van der Waals surface area contributed by atoms with Crippen LogP contribution < -0.4 is 23.9 Å². The van der Waals surface area contributed by atoms with E-state index in [2.05, 4.69) is 0 Å². The van der Waals surface area contributed by atoms with Crippen LogP contribution in [0.2, 0.25) is 0 Å². The zero-order chi connectivity index (χ0) is 7.98. The minimum atomic E-state index is -0.933. The van der Waals surface area contributed by atoms with Gasteiger partial charge in [-0.25, -0.2) is 0 Å². The highest BCUT2D eigenvalue weighted by Gasteiger charge is 2.09. The third-order valence-electron chi connectivity index (χ3n) is 1.29. The Morgan fingerprint density at radius 2 is 2.00 bits per heavy atom. The standard InChI is InChI=1S/C6H14N2O2.ClH/c7-4-2-1-3-5(8)6(9)10;/h5H,1-4,7-8H2,(H,9,10);1H/p-1/t5-;/m0./s1. The van der Waals surface area contributed by atoms with E-state index in [1.54, 1.807) is 0 Å². The number of halogens is 1. The molecule has 1 atom stereocenters. The molecule has 0 bridgehead atoms. The molecule has 0 spiro atoms. The van der Waals surface area contributed by atoms with E-state index in [-0.39, 0.29) is 12.4 Å². The predicted molar refractivity (Wildman–Crippen MR) is 38.5 cm³/mol. The van der Waals surface area contributed by atoms with Crippen LogP contribution in [0.3, 0.4) is 0 Å². The molecule has 0 saturated carbocycles. The Labute approximate surface area is 72.4 Å². The fourth-order valence-corrected chi connectivity index (χ4v) is 0.632. The number of carboxylic acid groups (broad SMARTS) is 1. The lowest BCUT2D eigenvalue weighted by Gasteiger charge is -2.03. The summed E-state index contributed by atoms with van der Waals surface area (Å²) >= 11 is 0. The van der Waals surface area contributed by atoms with E-state index >= 15 is 0 Å². The van der Waals surface area contributed by atoms with Crippen LogP contribution >= 0.6 is 0 Å². The topological polar surface area (TPSA) is 89.3 Å². The molecular formula is C6H14ClN2O2-. The van der Waals surface area contributed by atoms with Crippen molar-refractivity contribution < 1.29 is 22.3 Å². The minimum Gasteiger partial charge on any atom is -1.00 e. The van der Waals surface area contributed by atoms with E-state index in [1.807, 2.05) is 0 Å². The van der Waals surface area contributed by atoms with Gasteiger partial charge in [0, 0.05) is 0 Å². The van der Waals surface area contributed by atoms with E-state index in [4.69, 9.17) is 16.6 Å². The highest BCUT2D eigenvalue weighted by molar-refractivity contribution is 5.72. The number of rotatable bonds is 5. The molecule has 5 N–H and O–H groups in total. The van der Waals surface area contributed by atoms with Gasteiger partial charge in [0.15, 0.2) is 0 Å². The van der Waals surface area contributed by atoms with Gasteiger partial charge in [0.1, 0.15) is 6.04 Å². The highest BCUT2D eigenvalue weighted by Crippen LogP contribution is 1.96. The molecule has 0 aromatic carbocycles. The molecule has 11 heavy (non-hydrogen) atoms. The van der Waals surface area contributed by atoms with Crippen LogP contribution in [-0.2, 0) is 4.79 Å². The van der Waals surface area contributed by atoms with E-state index in [9.17, 15) is 4.79 Å². The first-order chi connectivity index (χ1) is 4.68. The summed E-state index contributed by atoms with van der Waals surface area (Å²) in [4.78, 5) is 10.1. The summed E-state index contributed by atoms with van der Waals surface area (Å²) in [6, 6.07) is -0.716. The van der Waals surface area contributed by atoms with Gasteiger partial charge in [0.05, 0.1) is 0 Å². The van der Waals surface area contributed by atoms with Crippen LogP contribution in [0.1, 0.15) is 19.3 Å². The molecule has 0 aliphatic rings. The van der Waals surface area contributed by atoms with Crippen molar-refractivity contribution in [1.29, 1.82) is 0 Å². The first kappa shape index (κ1) is 13.3. The minimum absolute atomic E-state index is 0. The average molecular weight is 182 g/mol. The van der Waals surface area contributed by atoms with Crippen LogP contribution in [0.5, 0.6) is 0 Å². The Hall–Kier alpha value is -0.320. The lowest BCUT2D eigenvalue weighted by atomic mass is 10.1. The van der Waals surface area contributed by atoms with Crippen molar-refractivity contribution in [2.24, 2.45) is 11.5 Å². The van der Waals surface area contributed by atoms with Crippen LogP contribution in [0.25, 0.3) is 0 Å². The molecule has 0 fully saturated rings. The van der Waals surface area contributed by atoms with Gasteiger partial charge >= 0.3 is 5.97 Å². The quantitative estimate of drug-likeness (QED) is 0.385. The monoisotopic (exact) mass is 181 g/mol. The van der Waals surface area contributed by atoms with Crippen molar-refractivity contribution in [2.45, 2.75) is 25.3 Å². The summed E-state index contributed by atoms with van der Waals surface area (Å²) in [7, 11) is 0. The van der Waals surface area contributed by atoms with Gasteiger partial charge in [-0.1, -0.05) is 6.42 Å². The number of carbonyl (C=O) groups is 1. The summed E-state index contributed by atoms with van der Waals surface area (Å²) in [6.07, 6.45) is 2.16. The normalized spacial score (nSPS) is 11.8. The van der Waals surface area contributed by atoms with Crippen molar-refractivity contribution in [3.05, 3.63) is 0 Å². The molecule has 0 radical (unpaired) electrons. The molecule has 0 amide bonds. The molecule has 0 aliphatic carbocycles. The maximum absolute atomic E-state index is 10.1. The van der Waals surface area contributed by atoms with Gasteiger partial charge in [-0.2, -0.15) is 0 Å². The average Bonchev–Trinajstić information content (AvgIpc) is 1.88. The van der Waals surface area contributed by atoms with Crippen molar-refractivity contribution in [3.8, 4) is 0 Å². The Morgan fingerprint density at radius 3 is 2.36 bits per heavy atom. The largest absolute Gasteiger partial charge is 1.00 e. The van der Waals surface area contributed by atoms with E-state index < -0.39 is 12.0 Å². The highest BCUT2D eigenvalue weighted by atomic mass is 35.5. The van der Waals surface area contributed by atoms with Crippen molar-refractivity contribution in [1.82, 2.24) is 0 Å². The van der Waals surface area contributed by atoms with Gasteiger partial charge < -0.3 is 29.0 Å². The second-order valence-corrected chi connectivity index (χ2v) is 2.23. The third kappa shape index (κ3) is 7.58. The van der Waals surface area contributed by atoms with Crippen LogP contribution in [0.15, 0.2) is 0 Å². The number of hydrogen-bond donors (Lipinski definition) is 3. The first-order valence-electron chi connectivity index (χ1n) is 3.37. The molecule has 0 rings (SSSR count). The van der Waals surface area contributed by atoms with Crippen LogP contribution in [0.4, 0.5) is 0 Å². The molecule has 0 aliphatic heterocycles. The third-order valence-corrected chi connectivity index (χ3v) is 1.29. The van der Waals surface area contributed by atoms with Crippen molar-refractivity contribution in [2.75, 3.05) is 6.54 Å². The molecular weight excluding hydrogens is 168 g/mol. The number of aliphatic carboxylic acids is 1. The van der Waals surface area contributed by atoms with Gasteiger partial charge in [-0.3, -0.25) is 4.79 Å². The fraction of sp³-hybridized carbons (Fsp3) is 0.833.